The normalized spacial score (nSPS) is 16.9. The first kappa shape index (κ1) is 14.7. The molecule has 0 bridgehead atoms. The van der Waals surface area contributed by atoms with Gasteiger partial charge in [-0.2, -0.15) is 0 Å². The lowest BCUT2D eigenvalue weighted by Gasteiger charge is -2.22. The second-order valence-electron chi connectivity index (χ2n) is 3.59. The van der Waals surface area contributed by atoms with Crippen LogP contribution in [0, 0.1) is 5.92 Å². The minimum atomic E-state index is -0.149. The maximum atomic E-state index is 10.8. The number of carbonyl (C=O) groups is 1. The smallest absolute Gasteiger partial charge is 0.306 e. The van der Waals surface area contributed by atoms with Gasteiger partial charge in [-0.15, -0.1) is 12.4 Å². The van der Waals surface area contributed by atoms with Crippen LogP contribution in [0.3, 0.4) is 0 Å². The summed E-state index contributed by atoms with van der Waals surface area (Å²) in [6.07, 6.45) is 2.72. The van der Waals surface area contributed by atoms with Crippen molar-refractivity contribution >= 4 is 18.4 Å². The fourth-order valence-electron chi connectivity index (χ4n) is 1.55. The first-order valence-electron chi connectivity index (χ1n) is 5.18. The van der Waals surface area contributed by atoms with Gasteiger partial charge in [0.25, 0.3) is 0 Å². The summed E-state index contributed by atoms with van der Waals surface area (Å²) >= 11 is 0. The predicted molar refractivity (Wildman–Crippen MR) is 60.3 cm³/mol. The molecule has 1 aliphatic heterocycles. The molecule has 0 amide bonds. The van der Waals surface area contributed by atoms with Gasteiger partial charge in [0, 0.05) is 19.8 Å². The van der Waals surface area contributed by atoms with E-state index < -0.39 is 0 Å². The Kier molecular flexibility index (Phi) is 8.76. The highest BCUT2D eigenvalue weighted by Crippen LogP contribution is 2.12. The zero-order valence-corrected chi connectivity index (χ0v) is 9.98. The molecule has 5 heteroatoms. The van der Waals surface area contributed by atoms with E-state index in [0.717, 1.165) is 32.6 Å². The van der Waals surface area contributed by atoms with Gasteiger partial charge in [-0.05, 0) is 25.3 Å². The third-order valence-corrected chi connectivity index (χ3v) is 2.51. The molecule has 1 heterocycles. The van der Waals surface area contributed by atoms with E-state index in [2.05, 4.69) is 10.1 Å². The molecule has 1 N–H and O–H groups in total. The molecule has 0 radical (unpaired) electrons. The maximum Gasteiger partial charge on any atom is 0.306 e. The SMILES string of the molecule is COC(=O)CCNCC1CCOCC1.Cl. The molecule has 0 aromatic heterocycles. The van der Waals surface area contributed by atoms with E-state index in [4.69, 9.17) is 4.74 Å². The van der Waals surface area contributed by atoms with Crippen molar-refractivity contribution in [2.45, 2.75) is 19.3 Å². The number of esters is 1. The van der Waals surface area contributed by atoms with E-state index in [0.29, 0.717) is 18.9 Å². The molecule has 1 rings (SSSR count). The number of rotatable bonds is 5. The van der Waals surface area contributed by atoms with Crippen molar-refractivity contribution in [2.75, 3.05) is 33.4 Å². The van der Waals surface area contributed by atoms with E-state index >= 15 is 0 Å². The average Bonchev–Trinajstić information content (AvgIpc) is 2.25. The fourth-order valence-corrected chi connectivity index (χ4v) is 1.55. The van der Waals surface area contributed by atoms with Crippen molar-refractivity contribution in [3.8, 4) is 0 Å². The van der Waals surface area contributed by atoms with Crippen molar-refractivity contribution in [1.29, 1.82) is 0 Å². The van der Waals surface area contributed by atoms with Crippen LogP contribution < -0.4 is 5.32 Å². The van der Waals surface area contributed by atoms with Crippen LogP contribution in [-0.2, 0) is 14.3 Å². The minimum Gasteiger partial charge on any atom is -0.469 e. The monoisotopic (exact) mass is 237 g/mol. The Morgan fingerprint density at radius 1 is 1.47 bits per heavy atom. The quantitative estimate of drug-likeness (QED) is 0.572. The molecular formula is C10H20ClNO3. The summed E-state index contributed by atoms with van der Waals surface area (Å²) in [6, 6.07) is 0. The standard InChI is InChI=1S/C10H19NO3.ClH/c1-13-10(12)2-5-11-8-9-3-6-14-7-4-9;/h9,11H,2-8H2,1H3;1H. The van der Waals surface area contributed by atoms with Gasteiger partial charge in [0.2, 0.25) is 0 Å². The zero-order valence-electron chi connectivity index (χ0n) is 9.16. The number of carbonyl (C=O) groups excluding carboxylic acids is 1. The van der Waals surface area contributed by atoms with Gasteiger partial charge in [0.1, 0.15) is 0 Å². The second-order valence-corrected chi connectivity index (χ2v) is 3.59. The van der Waals surface area contributed by atoms with E-state index in [-0.39, 0.29) is 18.4 Å². The van der Waals surface area contributed by atoms with Crippen LogP contribution in [0.5, 0.6) is 0 Å². The number of methoxy groups -OCH3 is 1. The lowest BCUT2D eigenvalue weighted by atomic mass is 10.0. The summed E-state index contributed by atoms with van der Waals surface area (Å²) in [6.45, 7) is 3.46. The molecular weight excluding hydrogens is 218 g/mol. The first-order valence-corrected chi connectivity index (χ1v) is 5.18. The Bertz CT molecular complexity index is 172. The van der Waals surface area contributed by atoms with E-state index in [1.165, 1.54) is 7.11 Å². The molecule has 90 valence electrons. The Balaban J connectivity index is 0.00000196. The Labute approximate surface area is 97.1 Å². The van der Waals surface area contributed by atoms with Gasteiger partial charge < -0.3 is 14.8 Å². The molecule has 15 heavy (non-hydrogen) atoms. The van der Waals surface area contributed by atoms with Crippen LogP contribution >= 0.6 is 12.4 Å². The van der Waals surface area contributed by atoms with Gasteiger partial charge in [-0.1, -0.05) is 0 Å². The van der Waals surface area contributed by atoms with Gasteiger partial charge in [-0.3, -0.25) is 4.79 Å². The summed E-state index contributed by atoms with van der Waals surface area (Å²) in [5.41, 5.74) is 0. The van der Waals surface area contributed by atoms with Crippen LogP contribution in [0.2, 0.25) is 0 Å². The molecule has 1 fully saturated rings. The molecule has 0 aromatic carbocycles. The van der Waals surface area contributed by atoms with Gasteiger partial charge in [-0.25, -0.2) is 0 Å². The van der Waals surface area contributed by atoms with E-state index in [9.17, 15) is 4.79 Å². The summed E-state index contributed by atoms with van der Waals surface area (Å²) in [5, 5.41) is 3.26. The summed E-state index contributed by atoms with van der Waals surface area (Å²) in [7, 11) is 1.42. The number of hydrogen-bond acceptors (Lipinski definition) is 4. The van der Waals surface area contributed by atoms with E-state index in [1.54, 1.807) is 0 Å². The molecule has 0 aromatic rings. The van der Waals surface area contributed by atoms with Crippen LogP contribution in [0.25, 0.3) is 0 Å². The number of halogens is 1. The Morgan fingerprint density at radius 3 is 2.73 bits per heavy atom. The van der Waals surface area contributed by atoms with Crippen LogP contribution in [0.4, 0.5) is 0 Å². The lowest BCUT2D eigenvalue weighted by Crippen LogP contribution is -2.29. The largest absolute Gasteiger partial charge is 0.469 e. The zero-order chi connectivity index (χ0) is 10.2. The molecule has 0 aliphatic carbocycles. The molecule has 0 spiro atoms. The first-order chi connectivity index (χ1) is 6.83. The van der Waals surface area contributed by atoms with Crippen molar-refractivity contribution in [2.24, 2.45) is 5.92 Å². The highest BCUT2D eigenvalue weighted by atomic mass is 35.5. The van der Waals surface area contributed by atoms with Crippen molar-refractivity contribution < 1.29 is 14.3 Å². The molecule has 1 saturated heterocycles. The van der Waals surface area contributed by atoms with Crippen molar-refractivity contribution in [3.05, 3.63) is 0 Å². The molecule has 1 aliphatic rings. The topological polar surface area (TPSA) is 47.6 Å². The second kappa shape index (κ2) is 8.95. The molecule has 0 unspecified atom stereocenters. The average molecular weight is 238 g/mol. The number of hydrogen-bond donors (Lipinski definition) is 1. The predicted octanol–water partition coefficient (Wildman–Crippen LogP) is 0.987. The molecule has 0 atom stereocenters. The number of ether oxygens (including phenoxy) is 2. The van der Waals surface area contributed by atoms with Gasteiger partial charge >= 0.3 is 5.97 Å². The Hall–Kier alpha value is -0.320. The third kappa shape index (κ3) is 6.71. The van der Waals surface area contributed by atoms with Crippen LogP contribution in [0.1, 0.15) is 19.3 Å². The fraction of sp³-hybridized carbons (Fsp3) is 0.900. The minimum absolute atomic E-state index is 0. The molecule has 0 saturated carbocycles. The third-order valence-electron chi connectivity index (χ3n) is 2.51. The summed E-state index contributed by atoms with van der Waals surface area (Å²) in [4.78, 5) is 10.8. The highest BCUT2D eigenvalue weighted by Gasteiger charge is 2.12. The Morgan fingerprint density at radius 2 is 2.13 bits per heavy atom. The number of nitrogens with one attached hydrogen (secondary N) is 1. The highest BCUT2D eigenvalue weighted by molar-refractivity contribution is 5.85. The molecule has 4 nitrogen and oxygen atoms in total. The van der Waals surface area contributed by atoms with Gasteiger partial charge in [0.15, 0.2) is 0 Å². The van der Waals surface area contributed by atoms with E-state index in [1.807, 2.05) is 0 Å². The van der Waals surface area contributed by atoms with Crippen LogP contribution in [0.15, 0.2) is 0 Å². The van der Waals surface area contributed by atoms with Crippen molar-refractivity contribution in [3.63, 3.8) is 0 Å². The van der Waals surface area contributed by atoms with Crippen LogP contribution in [-0.4, -0.2) is 39.4 Å². The summed E-state index contributed by atoms with van der Waals surface area (Å²) in [5.74, 6) is 0.561. The maximum absolute atomic E-state index is 10.8. The van der Waals surface area contributed by atoms with Gasteiger partial charge in [0.05, 0.1) is 13.5 Å². The lowest BCUT2D eigenvalue weighted by molar-refractivity contribution is -0.140. The summed E-state index contributed by atoms with van der Waals surface area (Å²) < 4.78 is 9.80. The van der Waals surface area contributed by atoms with Crippen molar-refractivity contribution in [1.82, 2.24) is 5.32 Å².